The van der Waals surface area contributed by atoms with Gasteiger partial charge in [-0.3, -0.25) is 9.48 Å². The molecule has 1 saturated heterocycles. The van der Waals surface area contributed by atoms with Gasteiger partial charge in [0.25, 0.3) is 15.9 Å². The second-order valence-corrected chi connectivity index (χ2v) is 10.2. The Bertz CT molecular complexity index is 1340. The molecule has 2 atom stereocenters. The summed E-state index contributed by atoms with van der Waals surface area (Å²) in [6.07, 6.45) is 2.63. The lowest BCUT2D eigenvalue weighted by atomic mass is 10.2. The molecule has 3 aromatic rings. The normalized spacial score (nSPS) is 21.5. The van der Waals surface area contributed by atoms with Gasteiger partial charge in [-0.05, 0) is 32.0 Å². The molecule has 186 valence electrons. The Labute approximate surface area is 202 Å². The highest BCUT2D eigenvalue weighted by Gasteiger charge is 2.42. The molecule has 13 nitrogen and oxygen atoms in total. The van der Waals surface area contributed by atoms with Gasteiger partial charge in [0.1, 0.15) is 12.3 Å². The number of aromatic nitrogens is 6. The lowest BCUT2D eigenvalue weighted by Crippen LogP contribution is -2.44. The minimum absolute atomic E-state index is 0.0302. The number of amides is 1. The molecule has 5 heterocycles. The molecule has 0 spiro atoms. The highest BCUT2D eigenvalue weighted by Crippen LogP contribution is 2.25. The first kappa shape index (κ1) is 23.4. The fraction of sp³-hybridized carbons (Fsp3) is 0.476. The van der Waals surface area contributed by atoms with E-state index in [1.807, 2.05) is 6.92 Å². The molecule has 2 aliphatic heterocycles. The van der Waals surface area contributed by atoms with E-state index < -0.39 is 28.1 Å². The Morgan fingerprint density at radius 2 is 2.14 bits per heavy atom. The quantitative estimate of drug-likeness (QED) is 0.522. The zero-order valence-corrected chi connectivity index (χ0v) is 20.2. The third-order valence-corrected chi connectivity index (χ3v) is 7.75. The number of hydrogen-bond donors (Lipinski definition) is 1. The van der Waals surface area contributed by atoms with Crippen LogP contribution in [0.2, 0.25) is 0 Å². The Morgan fingerprint density at radius 3 is 2.97 bits per heavy atom. The van der Waals surface area contributed by atoms with Gasteiger partial charge in [-0.2, -0.15) is 9.40 Å². The van der Waals surface area contributed by atoms with Gasteiger partial charge in [0, 0.05) is 25.8 Å². The summed E-state index contributed by atoms with van der Waals surface area (Å²) >= 11 is 0. The highest BCUT2D eigenvalue weighted by atomic mass is 32.2. The van der Waals surface area contributed by atoms with Gasteiger partial charge in [-0.15, -0.1) is 5.10 Å². The number of hydrogen-bond acceptors (Lipinski definition) is 9. The molecule has 2 bridgehead atoms. The SMILES string of the molecule is CCn1nc(C)cc1S(=O)(=O)N1C[C@@H]2NC(=O)c3ncccc3OCCn3cc(nn3)CO[C@H]2C1. The van der Waals surface area contributed by atoms with Crippen LogP contribution in [0.4, 0.5) is 0 Å². The van der Waals surface area contributed by atoms with Gasteiger partial charge < -0.3 is 14.8 Å². The predicted molar refractivity (Wildman–Crippen MR) is 121 cm³/mol. The summed E-state index contributed by atoms with van der Waals surface area (Å²) < 4.78 is 43.2. The van der Waals surface area contributed by atoms with Gasteiger partial charge in [0.2, 0.25) is 0 Å². The molecule has 5 rings (SSSR count). The van der Waals surface area contributed by atoms with Crippen LogP contribution in [0.1, 0.15) is 28.8 Å². The van der Waals surface area contributed by atoms with E-state index in [1.54, 1.807) is 36.0 Å². The Kier molecular flexibility index (Phi) is 6.25. The molecular formula is C21H26N8O5S. The Balaban J connectivity index is 1.46. The van der Waals surface area contributed by atoms with E-state index in [2.05, 4.69) is 25.7 Å². The summed E-state index contributed by atoms with van der Waals surface area (Å²) in [6.45, 7) is 4.88. The number of carbonyl (C=O) groups excluding carboxylic acids is 1. The topological polar surface area (TPSA) is 146 Å². The minimum Gasteiger partial charge on any atom is -0.489 e. The fourth-order valence-corrected chi connectivity index (χ4v) is 5.92. The van der Waals surface area contributed by atoms with Crippen LogP contribution in [0.15, 0.2) is 35.6 Å². The Morgan fingerprint density at radius 1 is 1.29 bits per heavy atom. The van der Waals surface area contributed by atoms with Crippen LogP contribution in [0, 0.1) is 6.92 Å². The van der Waals surface area contributed by atoms with Crippen molar-refractivity contribution in [3.8, 4) is 5.75 Å². The molecule has 0 unspecified atom stereocenters. The zero-order valence-electron chi connectivity index (χ0n) is 19.4. The van der Waals surface area contributed by atoms with Crippen molar-refractivity contribution in [1.82, 2.24) is 39.4 Å². The predicted octanol–water partition coefficient (Wildman–Crippen LogP) is -0.0214. The second-order valence-electron chi connectivity index (χ2n) is 8.36. The van der Waals surface area contributed by atoms with Crippen LogP contribution < -0.4 is 10.1 Å². The summed E-state index contributed by atoms with van der Waals surface area (Å²) in [5.74, 6) is -0.147. The fourth-order valence-electron chi connectivity index (χ4n) is 4.20. The highest BCUT2D eigenvalue weighted by molar-refractivity contribution is 7.89. The zero-order chi connectivity index (χ0) is 24.6. The van der Waals surface area contributed by atoms with Crippen LogP contribution in [-0.4, -0.2) is 80.2 Å². The lowest BCUT2D eigenvalue weighted by Gasteiger charge is -2.20. The molecule has 1 amide bonds. The number of pyridine rings is 1. The van der Waals surface area contributed by atoms with E-state index in [-0.39, 0.29) is 37.0 Å². The van der Waals surface area contributed by atoms with Crippen molar-refractivity contribution in [2.75, 3.05) is 19.7 Å². The van der Waals surface area contributed by atoms with E-state index in [9.17, 15) is 13.2 Å². The number of carbonyl (C=O) groups is 1. The van der Waals surface area contributed by atoms with Gasteiger partial charge in [0.05, 0.1) is 37.2 Å². The smallest absolute Gasteiger partial charge is 0.274 e. The average molecular weight is 503 g/mol. The first-order valence-electron chi connectivity index (χ1n) is 11.3. The van der Waals surface area contributed by atoms with Crippen molar-refractivity contribution in [3.63, 3.8) is 0 Å². The van der Waals surface area contributed by atoms with E-state index >= 15 is 0 Å². The van der Waals surface area contributed by atoms with Gasteiger partial charge in [-0.25, -0.2) is 18.1 Å². The van der Waals surface area contributed by atoms with Crippen LogP contribution in [0.5, 0.6) is 5.75 Å². The molecule has 1 fully saturated rings. The van der Waals surface area contributed by atoms with E-state index in [1.165, 1.54) is 15.2 Å². The Hall–Kier alpha value is -3.36. The number of rotatable bonds is 3. The summed E-state index contributed by atoms with van der Waals surface area (Å²) in [5.41, 5.74) is 1.32. The first-order valence-corrected chi connectivity index (χ1v) is 12.7. The van der Waals surface area contributed by atoms with Crippen LogP contribution in [-0.2, 0) is 34.5 Å². The first-order chi connectivity index (χ1) is 16.8. The summed E-state index contributed by atoms with van der Waals surface area (Å²) in [7, 11) is -3.88. The maximum atomic E-state index is 13.5. The van der Waals surface area contributed by atoms with Crippen molar-refractivity contribution in [1.29, 1.82) is 0 Å². The number of sulfonamides is 1. The van der Waals surface area contributed by atoms with Gasteiger partial charge in [-0.1, -0.05) is 5.21 Å². The number of ether oxygens (including phenoxy) is 2. The third-order valence-electron chi connectivity index (χ3n) is 5.91. The molecule has 1 N–H and O–H groups in total. The molecule has 0 aromatic carbocycles. The van der Waals surface area contributed by atoms with Crippen molar-refractivity contribution in [2.24, 2.45) is 0 Å². The second kappa shape index (κ2) is 9.36. The van der Waals surface area contributed by atoms with E-state index in [0.717, 1.165) is 0 Å². The standard InChI is InChI=1S/C21H26N8O5S/c1-3-29-19(9-14(2)25-29)35(31,32)28-11-16-18(12-28)34-13-15-10-27(26-24-15)7-8-33-17-5-4-6-22-20(17)21(30)23-16/h4-6,9-10,16,18H,3,7-8,11-13H2,1-2H3,(H,23,30)/t16-,18-/m0/s1. The van der Waals surface area contributed by atoms with E-state index in [4.69, 9.17) is 9.47 Å². The minimum atomic E-state index is -3.88. The van der Waals surface area contributed by atoms with Crippen LogP contribution in [0.3, 0.4) is 0 Å². The summed E-state index contributed by atoms with van der Waals surface area (Å²) in [6, 6.07) is 4.27. The van der Waals surface area contributed by atoms with Gasteiger partial charge in [0.15, 0.2) is 16.5 Å². The van der Waals surface area contributed by atoms with Crippen molar-refractivity contribution in [3.05, 3.63) is 47.7 Å². The van der Waals surface area contributed by atoms with Crippen molar-refractivity contribution in [2.45, 2.75) is 50.7 Å². The molecule has 0 saturated carbocycles. The number of aryl methyl sites for hydroxylation is 2. The monoisotopic (exact) mass is 502 g/mol. The van der Waals surface area contributed by atoms with Crippen LogP contribution in [0.25, 0.3) is 0 Å². The van der Waals surface area contributed by atoms with Gasteiger partial charge >= 0.3 is 0 Å². The number of nitrogens with zero attached hydrogens (tertiary/aromatic N) is 7. The third kappa shape index (κ3) is 4.63. The largest absolute Gasteiger partial charge is 0.489 e. The molecule has 35 heavy (non-hydrogen) atoms. The maximum Gasteiger partial charge on any atom is 0.274 e. The van der Waals surface area contributed by atoms with Crippen LogP contribution >= 0.6 is 0 Å². The van der Waals surface area contributed by atoms with Crippen molar-refractivity contribution < 1.29 is 22.7 Å². The maximum absolute atomic E-state index is 13.5. The summed E-state index contributed by atoms with van der Waals surface area (Å²) in [5, 5.41) is 15.5. The lowest BCUT2D eigenvalue weighted by molar-refractivity contribution is 0.0320. The number of fused-ring (bicyclic) bond motifs is 4. The molecular weight excluding hydrogens is 476 g/mol. The van der Waals surface area contributed by atoms with E-state index in [0.29, 0.717) is 30.2 Å². The molecule has 3 aromatic heterocycles. The summed E-state index contributed by atoms with van der Waals surface area (Å²) in [4.78, 5) is 17.3. The van der Waals surface area contributed by atoms with Crippen molar-refractivity contribution >= 4 is 15.9 Å². The molecule has 2 aliphatic rings. The molecule has 14 heteroatoms. The molecule has 0 radical (unpaired) electrons. The molecule has 0 aliphatic carbocycles. The average Bonchev–Trinajstić information content (AvgIpc) is 3.56. The number of nitrogens with one attached hydrogen (secondary N) is 1.